The number of alkyl halides is 3. The van der Waals surface area contributed by atoms with Crippen molar-refractivity contribution >= 4 is 0 Å². The van der Waals surface area contributed by atoms with E-state index in [1.54, 1.807) is 0 Å². The highest BCUT2D eigenvalue weighted by Crippen LogP contribution is 2.29. The average Bonchev–Trinajstić information content (AvgIpc) is 2.45. The Bertz CT molecular complexity index is 171. The van der Waals surface area contributed by atoms with Crippen LogP contribution in [-0.2, 0) is 0 Å². The van der Waals surface area contributed by atoms with Crippen molar-refractivity contribution in [3.05, 3.63) is 0 Å². The second-order valence-electron chi connectivity index (χ2n) is 4.41. The molecule has 1 fully saturated rings. The zero-order valence-electron chi connectivity index (χ0n) is 8.58. The van der Waals surface area contributed by atoms with Gasteiger partial charge in [0.2, 0.25) is 0 Å². The number of nitrogens with one attached hydrogen (secondary N) is 1. The fraction of sp³-hybridized carbons (Fsp3) is 1.00. The lowest BCUT2D eigenvalue weighted by Crippen LogP contribution is -2.40. The van der Waals surface area contributed by atoms with Crippen LogP contribution in [0.15, 0.2) is 0 Å². The first-order valence-electron chi connectivity index (χ1n) is 5.23. The highest BCUT2D eigenvalue weighted by molar-refractivity contribution is 4.87. The molecular weight excluding hydrogens is 191 g/mol. The van der Waals surface area contributed by atoms with E-state index in [0.29, 0.717) is 6.54 Å². The van der Waals surface area contributed by atoms with Crippen molar-refractivity contribution in [1.29, 1.82) is 0 Å². The Morgan fingerprint density at radius 1 is 1.21 bits per heavy atom. The molecule has 0 aromatic rings. The maximum Gasteiger partial charge on any atom is 0.389 e. The first-order valence-corrected chi connectivity index (χ1v) is 5.23. The van der Waals surface area contributed by atoms with Gasteiger partial charge in [-0.25, -0.2) is 0 Å². The lowest BCUT2D eigenvalue weighted by Gasteiger charge is -2.25. The van der Waals surface area contributed by atoms with Gasteiger partial charge in [-0.05, 0) is 32.7 Å². The third-order valence-corrected chi connectivity index (χ3v) is 2.90. The molecule has 0 radical (unpaired) electrons. The molecule has 1 N–H and O–H groups in total. The van der Waals surface area contributed by atoms with E-state index >= 15 is 0 Å². The molecular formula is C10H18F3N. The molecule has 0 atom stereocenters. The summed E-state index contributed by atoms with van der Waals surface area (Å²) in [4.78, 5) is 0. The van der Waals surface area contributed by atoms with Crippen LogP contribution in [0.25, 0.3) is 0 Å². The van der Waals surface area contributed by atoms with Gasteiger partial charge in [0.25, 0.3) is 0 Å². The summed E-state index contributed by atoms with van der Waals surface area (Å²) in [7, 11) is 0. The zero-order valence-corrected chi connectivity index (χ0v) is 8.58. The van der Waals surface area contributed by atoms with Gasteiger partial charge in [-0.3, -0.25) is 0 Å². The minimum absolute atomic E-state index is 0.103. The summed E-state index contributed by atoms with van der Waals surface area (Å²) < 4.78 is 35.5. The molecule has 0 aromatic heterocycles. The van der Waals surface area contributed by atoms with Gasteiger partial charge in [0.1, 0.15) is 0 Å². The van der Waals surface area contributed by atoms with Gasteiger partial charge in [-0.2, -0.15) is 13.2 Å². The van der Waals surface area contributed by atoms with E-state index in [4.69, 9.17) is 0 Å². The minimum atomic E-state index is -4.00. The van der Waals surface area contributed by atoms with Crippen molar-refractivity contribution in [1.82, 2.24) is 5.32 Å². The van der Waals surface area contributed by atoms with Crippen molar-refractivity contribution in [2.24, 2.45) is 0 Å². The molecule has 0 spiro atoms. The third kappa shape index (κ3) is 4.31. The molecule has 1 rings (SSSR count). The maximum atomic E-state index is 11.8. The van der Waals surface area contributed by atoms with Crippen LogP contribution in [-0.4, -0.2) is 18.3 Å². The summed E-state index contributed by atoms with van der Waals surface area (Å²) in [5.74, 6) is 0. The average molecular weight is 209 g/mol. The Morgan fingerprint density at radius 2 is 1.79 bits per heavy atom. The maximum absolute atomic E-state index is 11.8. The second kappa shape index (κ2) is 4.51. The molecule has 0 amide bonds. The topological polar surface area (TPSA) is 12.0 Å². The normalized spacial score (nSPS) is 21.4. The summed E-state index contributed by atoms with van der Waals surface area (Å²) >= 11 is 0. The first kappa shape index (κ1) is 11.8. The molecule has 0 unspecified atom stereocenters. The van der Waals surface area contributed by atoms with Gasteiger partial charge >= 0.3 is 6.18 Å². The van der Waals surface area contributed by atoms with Gasteiger partial charge in [-0.15, -0.1) is 0 Å². The van der Waals surface area contributed by atoms with Gasteiger partial charge in [0.05, 0.1) is 0 Å². The molecule has 14 heavy (non-hydrogen) atoms. The fourth-order valence-corrected chi connectivity index (χ4v) is 2.01. The summed E-state index contributed by atoms with van der Waals surface area (Å²) in [5, 5.41) is 3.23. The van der Waals surface area contributed by atoms with E-state index in [1.165, 1.54) is 12.8 Å². The van der Waals surface area contributed by atoms with Crippen molar-refractivity contribution in [3.8, 4) is 0 Å². The largest absolute Gasteiger partial charge is 0.389 e. The monoisotopic (exact) mass is 209 g/mol. The van der Waals surface area contributed by atoms with E-state index < -0.39 is 12.6 Å². The van der Waals surface area contributed by atoms with Gasteiger partial charge in [-0.1, -0.05) is 12.8 Å². The smallest absolute Gasteiger partial charge is 0.312 e. The zero-order chi connectivity index (χ0) is 10.7. The Labute approximate surface area is 83.1 Å². The fourth-order valence-electron chi connectivity index (χ4n) is 2.01. The minimum Gasteiger partial charge on any atom is -0.312 e. The Morgan fingerprint density at radius 3 is 2.29 bits per heavy atom. The predicted octanol–water partition coefficient (Wildman–Crippen LogP) is 3.25. The quantitative estimate of drug-likeness (QED) is 0.701. The molecule has 0 heterocycles. The summed E-state index contributed by atoms with van der Waals surface area (Å²) in [6.45, 7) is 2.59. The van der Waals surface area contributed by atoms with Crippen LogP contribution < -0.4 is 5.32 Å². The van der Waals surface area contributed by atoms with Gasteiger partial charge in [0.15, 0.2) is 0 Å². The van der Waals surface area contributed by atoms with Crippen LogP contribution in [0.2, 0.25) is 0 Å². The van der Waals surface area contributed by atoms with E-state index in [-0.39, 0.29) is 12.0 Å². The van der Waals surface area contributed by atoms with Crippen LogP contribution in [0.1, 0.15) is 45.4 Å². The Balaban J connectivity index is 2.09. The van der Waals surface area contributed by atoms with E-state index in [1.807, 2.05) is 0 Å². The molecule has 84 valence electrons. The van der Waals surface area contributed by atoms with Crippen molar-refractivity contribution in [3.63, 3.8) is 0 Å². The molecule has 1 nitrogen and oxygen atoms in total. The Kier molecular flexibility index (Phi) is 3.81. The first-order chi connectivity index (χ1) is 6.41. The van der Waals surface area contributed by atoms with Crippen LogP contribution >= 0.6 is 0 Å². The molecule has 1 aliphatic carbocycles. The predicted molar refractivity (Wildman–Crippen MR) is 50.2 cm³/mol. The van der Waals surface area contributed by atoms with Gasteiger partial charge in [0, 0.05) is 12.0 Å². The SMILES string of the molecule is CC1(NCCCC(F)(F)F)CCCC1. The van der Waals surface area contributed by atoms with Crippen LogP contribution in [0, 0.1) is 0 Å². The van der Waals surface area contributed by atoms with Crippen molar-refractivity contribution < 1.29 is 13.2 Å². The number of rotatable bonds is 4. The highest BCUT2D eigenvalue weighted by Gasteiger charge is 2.29. The summed E-state index contributed by atoms with van der Waals surface area (Å²) in [6.07, 6.45) is 0.108. The summed E-state index contributed by atoms with van der Waals surface area (Å²) in [6, 6.07) is 0. The van der Waals surface area contributed by atoms with Gasteiger partial charge < -0.3 is 5.32 Å². The molecule has 0 aromatic carbocycles. The molecule has 1 saturated carbocycles. The van der Waals surface area contributed by atoms with Crippen LogP contribution in [0.3, 0.4) is 0 Å². The van der Waals surface area contributed by atoms with E-state index in [2.05, 4.69) is 12.2 Å². The van der Waals surface area contributed by atoms with Crippen molar-refractivity contribution in [2.75, 3.05) is 6.54 Å². The number of hydrogen-bond acceptors (Lipinski definition) is 1. The lowest BCUT2D eigenvalue weighted by molar-refractivity contribution is -0.135. The molecule has 0 bridgehead atoms. The molecule has 1 aliphatic rings. The van der Waals surface area contributed by atoms with Crippen LogP contribution in [0.5, 0.6) is 0 Å². The lowest BCUT2D eigenvalue weighted by atomic mass is 10.0. The highest BCUT2D eigenvalue weighted by atomic mass is 19.4. The molecule has 4 heteroatoms. The van der Waals surface area contributed by atoms with Crippen LogP contribution in [0.4, 0.5) is 13.2 Å². The standard InChI is InChI=1S/C10H18F3N/c1-9(5-2-3-6-9)14-8-4-7-10(11,12)13/h14H,2-8H2,1H3. The van der Waals surface area contributed by atoms with E-state index in [9.17, 15) is 13.2 Å². The van der Waals surface area contributed by atoms with E-state index in [0.717, 1.165) is 12.8 Å². The third-order valence-electron chi connectivity index (χ3n) is 2.90. The summed E-state index contributed by atoms with van der Waals surface area (Å²) in [5.41, 5.74) is 0.103. The second-order valence-corrected chi connectivity index (χ2v) is 4.41. The number of hydrogen-bond donors (Lipinski definition) is 1. The Hall–Kier alpha value is -0.250. The molecule has 0 aliphatic heterocycles. The molecule has 0 saturated heterocycles. The number of halogens is 3. The van der Waals surface area contributed by atoms with Crippen molar-refractivity contribution in [2.45, 2.75) is 57.2 Å².